The molecule has 3 aromatic rings. The molecule has 0 atom stereocenters. The number of anilines is 3. The van der Waals surface area contributed by atoms with E-state index in [1.807, 2.05) is 20.8 Å². The van der Waals surface area contributed by atoms with Crippen LogP contribution in [0.2, 0.25) is 0 Å². The fraction of sp³-hybridized carbons (Fsp3) is 0.286. The van der Waals surface area contributed by atoms with Crippen molar-refractivity contribution in [3.63, 3.8) is 0 Å². The molecule has 0 spiro atoms. The van der Waals surface area contributed by atoms with Crippen LogP contribution in [0.4, 0.5) is 26.4 Å². The summed E-state index contributed by atoms with van der Waals surface area (Å²) in [4.78, 5) is 17.1. The van der Waals surface area contributed by atoms with Crippen LogP contribution in [0.3, 0.4) is 0 Å². The number of nitrogens with one attached hydrogen (secondary N) is 2. The van der Waals surface area contributed by atoms with Crippen LogP contribution in [-0.4, -0.2) is 25.5 Å². The van der Waals surface area contributed by atoms with Crippen LogP contribution in [0.1, 0.15) is 39.0 Å². The molecule has 3 rings (SSSR count). The van der Waals surface area contributed by atoms with Crippen LogP contribution in [0.25, 0.3) is 11.5 Å². The van der Waals surface area contributed by atoms with E-state index in [0.717, 1.165) is 6.92 Å². The molecule has 7 nitrogen and oxygen atoms in total. The van der Waals surface area contributed by atoms with Crippen molar-refractivity contribution in [1.82, 2.24) is 19.9 Å². The average Bonchev–Trinajstić information content (AvgIpc) is 2.66. The van der Waals surface area contributed by atoms with Gasteiger partial charge in [-0.2, -0.15) is 29.0 Å². The third-order valence-corrected chi connectivity index (χ3v) is 3.80. The lowest BCUT2D eigenvalue weighted by atomic mass is 10.1. The molecule has 9 heteroatoms. The van der Waals surface area contributed by atoms with Crippen molar-refractivity contribution < 1.29 is 8.78 Å². The number of pyridine rings is 1. The zero-order valence-corrected chi connectivity index (χ0v) is 17.0. The van der Waals surface area contributed by atoms with E-state index < -0.39 is 5.92 Å². The summed E-state index contributed by atoms with van der Waals surface area (Å²) >= 11 is 0. The first-order valence-corrected chi connectivity index (χ1v) is 9.21. The number of hydrogen-bond donors (Lipinski definition) is 2. The number of hydrogen-bond acceptors (Lipinski definition) is 7. The van der Waals surface area contributed by atoms with Gasteiger partial charge in [-0.1, -0.05) is 12.1 Å². The van der Waals surface area contributed by atoms with Gasteiger partial charge in [0, 0.05) is 18.2 Å². The van der Waals surface area contributed by atoms with Gasteiger partial charge in [0.15, 0.2) is 5.82 Å². The Bertz CT molecular complexity index is 1100. The Morgan fingerprint density at radius 1 is 0.900 bits per heavy atom. The zero-order valence-electron chi connectivity index (χ0n) is 17.0. The van der Waals surface area contributed by atoms with Crippen molar-refractivity contribution in [2.24, 2.45) is 0 Å². The number of rotatable bonds is 5. The van der Waals surface area contributed by atoms with E-state index in [9.17, 15) is 8.78 Å². The van der Waals surface area contributed by atoms with Gasteiger partial charge in [-0.25, -0.2) is 4.98 Å². The number of nitriles is 1. The Balaban J connectivity index is 2.05. The third-order valence-electron chi connectivity index (χ3n) is 3.80. The maximum Gasteiger partial charge on any atom is 0.286 e. The van der Waals surface area contributed by atoms with Gasteiger partial charge in [-0.3, -0.25) is 0 Å². The first-order valence-electron chi connectivity index (χ1n) is 9.21. The van der Waals surface area contributed by atoms with Gasteiger partial charge in [-0.05, 0) is 51.1 Å². The minimum atomic E-state index is -3.09. The highest BCUT2D eigenvalue weighted by Crippen LogP contribution is 2.27. The van der Waals surface area contributed by atoms with Gasteiger partial charge >= 0.3 is 0 Å². The van der Waals surface area contributed by atoms with Crippen LogP contribution >= 0.6 is 0 Å². The first kappa shape index (κ1) is 21.0. The molecule has 2 heterocycles. The number of aromatic nitrogens is 4. The van der Waals surface area contributed by atoms with Crippen LogP contribution in [0.5, 0.6) is 0 Å². The maximum absolute atomic E-state index is 13.7. The summed E-state index contributed by atoms with van der Waals surface area (Å²) in [5.74, 6) is -2.49. The molecule has 0 aliphatic carbocycles. The molecule has 0 aliphatic heterocycles. The van der Waals surface area contributed by atoms with E-state index in [1.165, 1.54) is 12.1 Å². The van der Waals surface area contributed by atoms with E-state index in [4.69, 9.17) is 5.26 Å². The highest BCUT2D eigenvalue weighted by Gasteiger charge is 2.27. The van der Waals surface area contributed by atoms with Gasteiger partial charge in [0.25, 0.3) is 5.92 Å². The second kappa shape index (κ2) is 7.99. The highest BCUT2D eigenvalue weighted by atomic mass is 19.3. The fourth-order valence-corrected chi connectivity index (χ4v) is 2.54. The summed E-state index contributed by atoms with van der Waals surface area (Å²) in [5.41, 5.74) is 0.559. The molecule has 0 unspecified atom stereocenters. The lowest BCUT2D eigenvalue weighted by Gasteiger charge is -2.21. The smallest absolute Gasteiger partial charge is 0.286 e. The van der Waals surface area contributed by atoms with Crippen molar-refractivity contribution in [3.8, 4) is 17.6 Å². The average molecular weight is 409 g/mol. The lowest BCUT2D eigenvalue weighted by Crippen LogP contribution is -2.27. The Hall–Kier alpha value is -3.67. The van der Waals surface area contributed by atoms with Crippen molar-refractivity contribution in [2.45, 2.75) is 39.2 Å². The quantitative estimate of drug-likeness (QED) is 0.620. The van der Waals surface area contributed by atoms with Gasteiger partial charge < -0.3 is 10.6 Å². The van der Waals surface area contributed by atoms with E-state index in [1.54, 1.807) is 30.3 Å². The molecule has 0 amide bonds. The van der Waals surface area contributed by atoms with Crippen molar-refractivity contribution >= 4 is 17.6 Å². The normalized spacial score (nSPS) is 11.6. The van der Waals surface area contributed by atoms with Crippen molar-refractivity contribution in [2.75, 3.05) is 10.6 Å². The molecule has 2 N–H and O–H groups in total. The third kappa shape index (κ3) is 5.44. The van der Waals surface area contributed by atoms with Gasteiger partial charge in [0.05, 0.1) is 11.6 Å². The molecular weight excluding hydrogens is 388 g/mol. The predicted molar refractivity (Wildman–Crippen MR) is 110 cm³/mol. The summed E-state index contributed by atoms with van der Waals surface area (Å²) in [7, 11) is 0. The summed E-state index contributed by atoms with van der Waals surface area (Å²) in [6.07, 6.45) is 0. The largest absolute Gasteiger partial charge is 0.349 e. The lowest BCUT2D eigenvalue weighted by molar-refractivity contribution is 0.0129. The van der Waals surface area contributed by atoms with Gasteiger partial charge in [0.1, 0.15) is 11.4 Å². The molecule has 2 aromatic heterocycles. The first-order chi connectivity index (χ1) is 14.0. The van der Waals surface area contributed by atoms with Crippen LogP contribution in [0.15, 0.2) is 42.5 Å². The molecule has 154 valence electrons. The molecule has 1 aromatic carbocycles. The summed E-state index contributed by atoms with van der Waals surface area (Å²) in [5, 5.41) is 15.3. The van der Waals surface area contributed by atoms with Crippen molar-refractivity contribution in [1.29, 1.82) is 5.26 Å². The Morgan fingerprint density at radius 3 is 2.27 bits per heavy atom. The SMILES string of the molecule is CC(C)(C)Nc1nc(Nc2cccc(C#N)c2)nc(-c2cccc(C(C)(F)F)n2)n1. The summed E-state index contributed by atoms with van der Waals surface area (Å²) in [6, 6.07) is 13.2. The standard InChI is InChI=1S/C21H21F2N7/c1-20(2,3)30-19-28-17(15-9-6-10-16(26-15)21(4,22)23)27-18(29-19)25-14-8-5-7-13(11-14)12-24/h5-11H,1-4H3,(H2,25,27,28,29,30). The molecule has 0 saturated carbocycles. The molecule has 0 fully saturated rings. The van der Waals surface area contributed by atoms with E-state index >= 15 is 0 Å². The number of halogens is 2. The van der Waals surface area contributed by atoms with Gasteiger partial charge in [0.2, 0.25) is 11.9 Å². The van der Waals surface area contributed by atoms with Crippen LogP contribution < -0.4 is 10.6 Å². The molecule has 0 bridgehead atoms. The number of nitrogens with zero attached hydrogens (tertiary/aromatic N) is 5. The minimum absolute atomic E-state index is 0.141. The molecule has 0 radical (unpaired) electrons. The van der Waals surface area contributed by atoms with E-state index in [2.05, 4.69) is 36.6 Å². The van der Waals surface area contributed by atoms with E-state index in [0.29, 0.717) is 11.3 Å². The molecule has 0 aliphatic rings. The van der Waals surface area contributed by atoms with Crippen molar-refractivity contribution in [3.05, 3.63) is 53.7 Å². The predicted octanol–water partition coefficient (Wildman–Crippen LogP) is 4.87. The second-order valence-corrected chi connectivity index (χ2v) is 7.80. The highest BCUT2D eigenvalue weighted by molar-refractivity contribution is 5.60. The van der Waals surface area contributed by atoms with E-state index in [-0.39, 0.29) is 34.6 Å². The minimum Gasteiger partial charge on any atom is -0.349 e. The summed E-state index contributed by atoms with van der Waals surface area (Å²) in [6.45, 7) is 6.61. The number of alkyl halides is 2. The Labute approximate surface area is 173 Å². The van der Waals surface area contributed by atoms with Gasteiger partial charge in [-0.15, -0.1) is 0 Å². The van der Waals surface area contributed by atoms with Crippen LogP contribution in [-0.2, 0) is 5.92 Å². The Kier molecular flexibility index (Phi) is 5.60. The topological polar surface area (TPSA) is 99.4 Å². The van der Waals surface area contributed by atoms with Crippen LogP contribution in [0, 0.1) is 11.3 Å². The second-order valence-electron chi connectivity index (χ2n) is 7.80. The molecule has 0 saturated heterocycles. The number of benzene rings is 1. The summed E-state index contributed by atoms with van der Waals surface area (Å²) < 4.78 is 27.4. The fourth-order valence-electron chi connectivity index (χ4n) is 2.54. The molecular formula is C21H21F2N7. The monoisotopic (exact) mass is 409 g/mol. The molecule has 30 heavy (non-hydrogen) atoms. The maximum atomic E-state index is 13.7. The zero-order chi connectivity index (χ0) is 21.9. The Morgan fingerprint density at radius 2 is 1.60 bits per heavy atom.